The van der Waals surface area contributed by atoms with Gasteiger partial charge in [0, 0.05) is 23.3 Å². The molecule has 6 atom stereocenters. The van der Waals surface area contributed by atoms with Gasteiger partial charge in [-0.3, -0.25) is 4.79 Å². The first-order valence-corrected chi connectivity index (χ1v) is 6.95. The molecule has 1 saturated heterocycles. The average Bonchev–Trinajstić information content (AvgIpc) is 2.68. The van der Waals surface area contributed by atoms with Gasteiger partial charge >= 0.3 is 5.97 Å². The van der Waals surface area contributed by atoms with E-state index < -0.39 is 11.5 Å². The Labute approximate surface area is 112 Å². The van der Waals surface area contributed by atoms with E-state index in [9.17, 15) is 14.7 Å². The molecule has 0 aromatic heterocycles. The number of hydrogen-bond donors (Lipinski definition) is 1. The van der Waals surface area contributed by atoms with E-state index in [2.05, 4.69) is 13.5 Å². The van der Waals surface area contributed by atoms with Gasteiger partial charge in [0.2, 0.25) is 0 Å². The summed E-state index contributed by atoms with van der Waals surface area (Å²) in [5, 5.41) is 10.3. The number of fused-ring (bicyclic) bond motifs is 2. The molecular weight excluding hydrogens is 244 g/mol. The van der Waals surface area contributed by atoms with E-state index in [0.29, 0.717) is 18.4 Å². The molecule has 104 valence electrons. The van der Waals surface area contributed by atoms with E-state index in [1.54, 1.807) is 0 Å². The van der Waals surface area contributed by atoms with Crippen LogP contribution in [-0.4, -0.2) is 29.1 Å². The molecule has 19 heavy (non-hydrogen) atoms. The Morgan fingerprint density at radius 3 is 2.79 bits per heavy atom. The van der Waals surface area contributed by atoms with Crippen LogP contribution in [-0.2, 0) is 14.3 Å². The minimum Gasteiger partial charge on any atom is -0.458 e. The molecule has 0 radical (unpaired) electrons. The van der Waals surface area contributed by atoms with Crippen LogP contribution in [0, 0.1) is 23.2 Å². The third-order valence-electron chi connectivity index (χ3n) is 5.57. The van der Waals surface area contributed by atoms with Crippen LogP contribution in [0.1, 0.15) is 33.1 Å². The van der Waals surface area contributed by atoms with Crippen molar-refractivity contribution in [3.05, 3.63) is 12.2 Å². The number of Topliss-reactive ketones (excluding diaryl/α,β-unsaturated/α-hetero) is 1. The topological polar surface area (TPSA) is 63.6 Å². The minimum absolute atomic E-state index is 0.0505. The fraction of sp³-hybridized carbons (Fsp3) is 0.733. The lowest BCUT2D eigenvalue weighted by Gasteiger charge is -2.35. The zero-order chi connectivity index (χ0) is 13.9. The molecule has 1 heterocycles. The van der Waals surface area contributed by atoms with E-state index in [4.69, 9.17) is 4.74 Å². The zero-order valence-corrected chi connectivity index (χ0v) is 11.4. The van der Waals surface area contributed by atoms with Gasteiger partial charge < -0.3 is 9.84 Å². The molecule has 2 aliphatic carbocycles. The predicted octanol–water partition coefficient (Wildman–Crippen LogP) is 1.47. The van der Waals surface area contributed by atoms with Gasteiger partial charge in [-0.15, -0.1) is 0 Å². The second kappa shape index (κ2) is 3.92. The number of aliphatic hydroxyl groups is 1. The molecule has 3 fully saturated rings. The van der Waals surface area contributed by atoms with Crippen molar-refractivity contribution in [1.82, 2.24) is 0 Å². The van der Waals surface area contributed by atoms with Crippen LogP contribution < -0.4 is 0 Å². The summed E-state index contributed by atoms with van der Waals surface area (Å²) in [4.78, 5) is 23.5. The van der Waals surface area contributed by atoms with Crippen molar-refractivity contribution in [3.8, 4) is 0 Å². The number of ketones is 1. The molecule has 0 amide bonds. The van der Waals surface area contributed by atoms with Crippen LogP contribution in [0.25, 0.3) is 0 Å². The molecule has 3 aliphatic rings. The lowest BCUT2D eigenvalue weighted by molar-refractivity contribution is -0.139. The van der Waals surface area contributed by atoms with Crippen LogP contribution in [0.4, 0.5) is 0 Å². The van der Waals surface area contributed by atoms with Crippen molar-refractivity contribution in [2.24, 2.45) is 23.2 Å². The Bertz CT molecular complexity index is 469. The van der Waals surface area contributed by atoms with Crippen molar-refractivity contribution in [3.63, 3.8) is 0 Å². The quantitative estimate of drug-likeness (QED) is 0.531. The summed E-state index contributed by atoms with van der Waals surface area (Å²) in [6, 6.07) is 0. The Hall–Kier alpha value is -1.16. The molecule has 4 nitrogen and oxygen atoms in total. The summed E-state index contributed by atoms with van der Waals surface area (Å²) in [7, 11) is 0. The number of carbonyl (C=O) groups is 2. The number of hydrogen-bond acceptors (Lipinski definition) is 4. The van der Waals surface area contributed by atoms with Crippen LogP contribution in [0.2, 0.25) is 0 Å². The minimum atomic E-state index is -0.915. The maximum Gasteiger partial charge on any atom is 0.334 e. The van der Waals surface area contributed by atoms with Crippen LogP contribution in [0.15, 0.2) is 12.2 Å². The number of esters is 1. The maximum absolute atomic E-state index is 11.9. The molecule has 0 unspecified atom stereocenters. The third kappa shape index (κ3) is 1.62. The summed E-state index contributed by atoms with van der Waals surface area (Å²) in [5.41, 5.74) is 0.0537. The zero-order valence-electron chi connectivity index (χ0n) is 11.4. The molecule has 1 N–H and O–H groups in total. The first-order chi connectivity index (χ1) is 8.84. The summed E-state index contributed by atoms with van der Waals surface area (Å²) >= 11 is 0. The van der Waals surface area contributed by atoms with Gasteiger partial charge in [-0.05, 0) is 24.7 Å². The predicted molar refractivity (Wildman–Crippen MR) is 68.1 cm³/mol. The standard InChI is InChI=1S/C15H20O4/c1-7-4-12-9(8(2)14(18)19-12)6-15(3)10(7)5-11(16)13(15)17/h7,9-10,12-13,17H,2,4-6H2,1,3H3/t7-,9+,10-,12+,13-,15-/m0/s1. The normalized spacial score (nSPS) is 49.6. The van der Waals surface area contributed by atoms with Crippen molar-refractivity contribution in [2.45, 2.75) is 45.3 Å². The third-order valence-corrected chi connectivity index (χ3v) is 5.57. The smallest absolute Gasteiger partial charge is 0.334 e. The van der Waals surface area contributed by atoms with Gasteiger partial charge in [0.05, 0.1) is 0 Å². The summed E-state index contributed by atoms with van der Waals surface area (Å²) < 4.78 is 5.40. The van der Waals surface area contributed by atoms with E-state index in [-0.39, 0.29) is 35.6 Å². The molecule has 0 spiro atoms. The SMILES string of the molecule is C=C1C(=O)O[C@@H]2C[C@H](C)[C@@H]3CC(=O)[C@H](O)[C@@]3(C)C[C@H]12. The van der Waals surface area contributed by atoms with E-state index in [1.807, 2.05) is 6.92 Å². The summed E-state index contributed by atoms with van der Waals surface area (Å²) in [6.07, 6.45) is 0.778. The Kier molecular flexibility index (Phi) is 2.65. The van der Waals surface area contributed by atoms with Crippen LogP contribution in [0.5, 0.6) is 0 Å². The molecule has 0 aromatic rings. The van der Waals surface area contributed by atoms with Gasteiger partial charge in [0.25, 0.3) is 0 Å². The molecule has 3 rings (SSSR count). The second-order valence-corrected chi connectivity index (χ2v) is 6.68. The van der Waals surface area contributed by atoms with Gasteiger partial charge in [0.15, 0.2) is 5.78 Å². The van der Waals surface area contributed by atoms with E-state index >= 15 is 0 Å². The number of ether oxygens (including phenoxy) is 1. The number of carbonyl (C=O) groups excluding carboxylic acids is 2. The Morgan fingerprint density at radius 1 is 1.42 bits per heavy atom. The molecular formula is C15H20O4. The average molecular weight is 264 g/mol. The van der Waals surface area contributed by atoms with Crippen molar-refractivity contribution in [1.29, 1.82) is 0 Å². The van der Waals surface area contributed by atoms with Crippen molar-refractivity contribution in [2.75, 3.05) is 0 Å². The first kappa shape index (κ1) is 12.9. The van der Waals surface area contributed by atoms with E-state index in [1.165, 1.54) is 0 Å². The second-order valence-electron chi connectivity index (χ2n) is 6.68. The van der Waals surface area contributed by atoms with Crippen LogP contribution >= 0.6 is 0 Å². The maximum atomic E-state index is 11.9. The number of aliphatic hydroxyl groups excluding tert-OH is 1. The molecule has 4 heteroatoms. The van der Waals surface area contributed by atoms with Crippen LogP contribution in [0.3, 0.4) is 0 Å². The fourth-order valence-electron chi connectivity index (χ4n) is 4.39. The van der Waals surface area contributed by atoms with E-state index in [0.717, 1.165) is 6.42 Å². The van der Waals surface area contributed by atoms with Gasteiger partial charge in [-0.2, -0.15) is 0 Å². The summed E-state index contributed by atoms with van der Waals surface area (Å²) in [5.74, 6) is 0.00844. The Morgan fingerprint density at radius 2 is 2.11 bits per heavy atom. The highest BCUT2D eigenvalue weighted by atomic mass is 16.6. The fourth-order valence-corrected chi connectivity index (χ4v) is 4.39. The lowest BCUT2D eigenvalue weighted by Crippen LogP contribution is -2.37. The lowest BCUT2D eigenvalue weighted by atomic mass is 9.69. The molecule has 0 aromatic carbocycles. The summed E-state index contributed by atoms with van der Waals surface area (Å²) in [6.45, 7) is 7.90. The molecule has 0 bridgehead atoms. The molecule has 2 saturated carbocycles. The van der Waals surface area contributed by atoms with Gasteiger partial charge in [-0.25, -0.2) is 4.79 Å². The highest BCUT2D eigenvalue weighted by Crippen LogP contribution is 2.55. The number of rotatable bonds is 0. The van der Waals surface area contributed by atoms with Gasteiger partial charge in [-0.1, -0.05) is 20.4 Å². The molecule has 1 aliphatic heterocycles. The van der Waals surface area contributed by atoms with Crippen molar-refractivity contribution >= 4 is 11.8 Å². The van der Waals surface area contributed by atoms with Gasteiger partial charge in [0.1, 0.15) is 12.2 Å². The Balaban J connectivity index is 1.99. The highest BCUT2D eigenvalue weighted by molar-refractivity contribution is 5.91. The monoisotopic (exact) mass is 264 g/mol. The first-order valence-electron chi connectivity index (χ1n) is 6.95. The highest BCUT2D eigenvalue weighted by Gasteiger charge is 2.58. The van der Waals surface area contributed by atoms with Crippen molar-refractivity contribution < 1.29 is 19.4 Å². The largest absolute Gasteiger partial charge is 0.458 e.